The molecule has 1 aliphatic heterocycles. The number of thioether (sulfide) groups is 1. The summed E-state index contributed by atoms with van der Waals surface area (Å²) in [6, 6.07) is 7.12. The molecule has 4 rings (SSSR count). The smallest absolute Gasteiger partial charge is 0.251 e. The van der Waals surface area contributed by atoms with E-state index in [9.17, 15) is 4.79 Å². The van der Waals surface area contributed by atoms with Crippen molar-refractivity contribution in [2.75, 3.05) is 37.4 Å². The van der Waals surface area contributed by atoms with Crippen LogP contribution >= 0.6 is 11.8 Å². The molecule has 0 atom stereocenters. The molecule has 2 aromatic heterocycles. The predicted octanol–water partition coefficient (Wildman–Crippen LogP) is 3.37. The van der Waals surface area contributed by atoms with Gasteiger partial charge in [-0.25, -0.2) is 14.6 Å². The van der Waals surface area contributed by atoms with Crippen LogP contribution in [0.1, 0.15) is 36.5 Å². The summed E-state index contributed by atoms with van der Waals surface area (Å²) in [4.78, 5) is 24.4. The van der Waals surface area contributed by atoms with Gasteiger partial charge in [-0.2, -0.15) is 5.10 Å². The molecule has 1 N–H and O–H groups in total. The molecule has 0 saturated carbocycles. The third kappa shape index (κ3) is 4.92. The standard InChI is InChI=1S/C22H28N6O2S/c1-3-31-22-25-19(27-11-5-4-6-12-27)18-15-24-28(20(18)26-22)13-10-23-21(29)16-8-7-9-17(14-16)30-2/h7-9,14-15H,3-6,10-13H2,1-2H3,(H,23,29). The molecule has 3 heterocycles. The minimum Gasteiger partial charge on any atom is -0.497 e. The number of nitrogens with one attached hydrogen (secondary N) is 1. The first-order valence-corrected chi connectivity index (χ1v) is 11.7. The number of aromatic nitrogens is 4. The average molecular weight is 441 g/mol. The van der Waals surface area contributed by atoms with Crippen LogP contribution in [0.4, 0.5) is 5.82 Å². The van der Waals surface area contributed by atoms with E-state index in [2.05, 4.69) is 22.2 Å². The Balaban J connectivity index is 1.51. The van der Waals surface area contributed by atoms with Crippen LogP contribution in [-0.2, 0) is 6.54 Å². The largest absolute Gasteiger partial charge is 0.497 e. The fourth-order valence-electron chi connectivity index (χ4n) is 3.77. The van der Waals surface area contributed by atoms with Crippen molar-refractivity contribution in [2.24, 2.45) is 0 Å². The molecule has 3 aromatic rings. The van der Waals surface area contributed by atoms with Crippen LogP contribution in [0, 0.1) is 0 Å². The number of hydrogen-bond donors (Lipinski definition) is 1. The first-order valence-electron chi connectivity index (χ1n) is 10.7. The average Bonchev–Trinajstić information content (AvgIpc) is 3.22. The molecule has 0 bridgehead atoms. The second kappa shape index (κ2) is 10.00. The zero-order chi connectivity index (χ0) is 21.6. The summed E-state index contributed by atoms with van der Waals surface area (Å²) in [5.74, 6) is 2.41. The van der Waals surface area contributed by atoms with E-state index in [4.69, 9.17) is 14.7 Å². The van der Waals surface area contributed by atoms with E-state index in [-0.39, 0.29) is 5.91 Å². The Labute approximate surface area is 186 Å². The Morgan fingerprint density at radius 3 is 2.84 bits per heavy atom. The highest BCUT2D eigenvalue weighted by Crippen LogP contribution is 2.29. The topological polar surface area (TPSA) is 85.2 Å². The summed E-state index contributed by atoms with van der Waals surface area (Å²) < 4.78 is 7.05. The maximum Gasteiger partial charge on any atom is 0.251 e. The van der Waals surface area contributed by atoms with Crippen LogP contribution in [0.2, 0.25) is 0 Å². The molecule has 1 fully saturated rings. The molecule has 1 amide bonds. The van der Waals surface area contributed by atoms with Gasteiger partial charge < -0.3 is 15.0 Å². The predicted molar refractivity (Wildman–Crippen MR) is 123 cm³/mol. The van der Waals surface area contributed by atoms with Crippen molar-refractivity contribution >= 4 is 34.5 Å². The van der Waals surface area contributed by atoms with E-state index in [0.29, 0.717) is 24.4 Å². The quantitative estimate of drug-likeness (QED) is 0.425. The molecule has 1 aromatic carbocycles. The van der Waals surface area contributed by atoms with Crippen LogP contribution < -0.4 is 15.0 Å². The van der Waals surface area contributed by atoms with Gasteiger partial charge in [0.05, 0.1) is 25.2 Å². The Morgan fingerprint density at radius 2 is 2.06 bits per heavy atom. The van der Waals surface area contributed by atoms with Gasteiger partial charge in [0.15, 0.2) is 10.8 Å². The zero-order valence-corrected chi connectivity index (χ0v) is 18.8. The Bertz CT molecular complexity index is 1050. The first kappa shape index (κ1) is 21.4. The third-order valence-corrected chi connectivity index (χ3v) is 6.06. The van der Waals surface area contributed by atoms with Crippen molar-refractivity contribution in [3.05, 3.63) is 36.0 Å². The molecule has 164 valence electrons. The molecule has 1 aliphatic rings. The number of amides is 1. The van der Waals surface area contributed by atoms with E-state index < -0.39 is 0 Å². The molecule has 9 heteroatoms. The number of anilines is 1. The number of nitrogens with zero attached hydrogens (tertiary/aromatic N) is 5. The van der Waals surface area contributed by atoms with E-state index >= 15 is 0 Å². The third-order valence-electron chi connectivity index (χ3n) is 5.33. The lowest BCUT2D eigenvalue weighted by Gasteiger charge is -2.28. The van der Waals surface area contributed by atoms with Crippen molar-refractivity contribution in [1.29, 1.82) is 0 Å². The molecule has 0 radical (unpaired) electrons. The number of piperidine rings is 1. The number of rotatable bonds is 8. The molecular weight excluding hydrogens is 412 g/mol. The molecule has 31 heavy (non-hydrogen) atoms. The van der Waals surface area contributed by atoms with Crippen LogP contribution in [0.3, 0.4) is 0 Å². The summed E-state index contributed by atoms with van der Waals surface area (Å²) >= 11 is 1.64. The van der Waals surface area contributed by atoms with Gasteiger partial charge in [-0.05, 0) is 43.2 Å². The van der Waals surface area contributed by atoms with E-state index in [1.807, 2.05) is 16.9 Å². The normalized spacial score (nSPS) is 14.1. The van der Waals surface area contributed by atoms with Crippen molar-refractivity contribution in [3.63, 3.8) is 0 Å². The van der Waals surface area contributed by atoms with Crippen LogP contribution in [0.15, 0.2) is 35.6 Å². The van der Waals surface area contributed by atoms with Gasteiger partial charge in [0.1, 0.15) is 11.6 Å². The summed E-state index contributed by atoms with van der Waals surface area (Å²) in [5, 5.41) is 9.26. The number of hydrogen-bond acceptors (Lipinski definition) is 7. The van der Waals surface area contributed by atoms with Crippen LogP contribution in [0.5, 0.6) is 5.75 Å². The van der Waals surface area contributed by atoms with Gasteiger partial charge in [0.2, 0.25) is 0 Å². The lowest BCUT2D eigenvalue weighted by molar-refractivity contribution is 0.0951. The van der Waals surface area contributed by atoms with E-state index in [1.165, 1.54) is 19.3 Å². The van der Waals surface area contributed by atoms with E-state index in [1.54, 1.807) is 37.1 Å². The Morgan fingerprint density at radius 1 is 1.23 bits per heavy atom. The van der Waals surface area contributed by atoms with Gasteiger partial charge in [0, 0.05) is 25.2 Å². The summed E-state index contributed by atoms with van der Waals surface area (Å²) in [7, 11) is 1.59. The molecule has 0 spiro atoms. The fourth-order valence-corrected chi connectivity index (χ4v) is 4.33. The highest BCUT2D eigenvalue weighted by atomic mass is 32.2. The highest BCUT2D eigenvalue weighted by molar-refractivity contribution is 7.99. The van der Waals surface area contributed by atoms with Crippen molar-refractivity contribution in [1.82, 2.24) is 25.1 Å². The van der Waals surface area contributed by atoms with Gasteiger partial charge in [-0.3, -0.25) is 4.79 Å². The van der Waals surface area contributed by atoms with Gasteiger partial charge in [-0.1, -0.05) is 24.8 Å². The number of carbonyl (C=O) groups is 1. The lowest BCUT2D eigenvalue weighted by Crippen LogP contribution is -2.30. The second-order valence-corrected chi connectivity index (χ2v) is 8.63. The summed E-state index contributed by atoms with van der Waals surface area (Å²) in [6.45, 7) is 5.12. The zero-order valence-electron chi connectivity index (χ0n) is 18.0. The Kier molecular flexibility index (Phi) is 6.91. The Hall–Kier alpha value is -2.81. The second-order valence-electron chi connectivity index (χ2n) is 7.40. The molecular formula is C22H28N6O2S. The van der Waals surface area contributed by atoms with E-state index in [0.717, 1.165) is 40.9 Å². The summed E-state index contributed by atoms with van der Waals surface area (Å²) in [6.07, 6.45) is 5.50. The molecule has 0 unspecified atom stereocenters. The lowest BCUT2D eigenvalue weighted by atomic mass is 10.1. The first-order chi connectivity index (χ1) is 15.2. The van der Waals surface area contributed by atoms with Crippen LogP contribution in [-0.4, -0.2) is 58.2 Å². The maximum absolute atomic E-state index is 12.5. The van der Waals surface area contributed by atoms with Crippen molar-refractivity contribution < 1.29 is 9.53 Å². The number of methoxy groups -OCH3 is 1. The maximum atomic E-state index is 12.5. The van der Waals surface area contributed by atoms with Gasteiger partial charge in [-0.15, -0.1) is 0 Å². The monoisotopic (exact) mass is 440 g/mol. The van der Waals surface area contributed by atoms with Crippen molar-refractivity contribution in [2.45, 2.75) is 37.9 Å². The SMILES string of the molecule is CCSc1nc(N2CCCCC2)c2cnn(CCNC(=O)c3cccc(OC)c3)c2n1. The minimum atomic E-state index is -0.138. The number of benzene rings is 1. The highest BCUT2D eigenvalue weighted by Gasteiger charge is 2.20. The van der Waals surface area contributed by atoms with Crippen molar-refractivity contribution in [3.8, 4) is 5.75 Å². The molecule has 8 nitrogen and oxygen atoms in total. The number of ether oxygens (including phenoxy) is 1. The molecule has 1 saturated heterocycles. The minimum absolute atomic E-state index is 0.138. The number of carbonyl (C=O) groups excluding carboxylic acids is 1. The van der Waals surface area contributed by atoms with Crippen LogP contribution in [0.25, 0.3) is 11.0 Å². The van der Waals surface area contributed by atoms with Gasteiger partial charge in [0.25, 0.3) is 5.91 Å². The summed E-state index contributed by atoms with van der Waals surface area (Å²) in [5.41, 5.74) is 1.39. The fraction of sp³-hybridized carbons (Fsp3) is 0.455. The van der Waals surface area contributed by atoms with Gasteiger partial charge >= 0.3 is 0 Å². The molecule has 0 aliphatic carbocycles. The number of fused-ring (bicyclic) bond motifs is 1.